The first-order valence-corrected chi connectivity index (χ1v) is 8.10. The third-order valence-electron chi connectivity index (χ3n) is 4.10. The van der Waals surface area contributed by atoms with Crippen molar-refractivity contribution in [1.82, 2.24) is 5.32 Å². The second-order valence-corrected chi connectivity index (χ2v) is 5.53. The van der Waals surface area contributed by atoms with Gasteiger partial charge in [0.2, 0.25) is 0 Å². The monoisotopic (exact) mass is 261 g/mol. The smallest absolute Gasteiger partial charge is 0.0320 e. The molecular formula is C18H31N. The van der Waals surface area contributed by atoms with Gasteiger partial charge in [0.25, 0.3) is 0 Å². The maximum Gasteiger partial charge on any atom is 0.0320 e. The van der Waals surface area contributed by atoms with Crippen molar-refractivity contribution >= 4 is 0 Å². The topological polar surface area (TPSA) is 12.0 Å². The van der Waals surface area contributed by atoms with Crippen LogP contribution >= 0.6 is 0 Å². The van der Waals surface area contributed by atoms with Crippen LogP contribution in [-0.4, -0.2) is 6.54 Å². The van der Waals surface area contributed by atoms with Crippen LogP contribution in [0.15, 0.2) is 30.3 Å². The highest BCUT2D eigenvalue weighted by atomic mass is 14.9. The second kappa shape index (κ2) is 10.0. The Morgan fingerprint density at radius 3 is 2.21 bits per heavy atom. The quantitative estimate of drug-likeness (QED) is 0.600. The summed E-state index contributed by atoms with van der Waals surface area (Å²) in [6, 6.07) is 11.4. The Morgan fingerprint density at radius 2 is 1.63 bits per heavy atom. The summed E-state index contributed by atoms with van der Waals surface area (Å²) in [5.41, 5.74) is 1.44. The van der Waals surface area contributed by atoms with E-state index in [2.05, 4.69) is 56.4 Å². The molecule has 1 rings (SSSR count). The van der Waals surface area contributed by atoms with Crippen molar-refractivity contribution in [2.45, 2.75) is 65.3 Å². The average Bonchev–Trinajstić information content (AvgIpc) is 2.47. The van der Waals surface area contributed by atoms with Crippen LogP contribution in [0.2, 0.25) is 0 Å². The molecule has 19 heavy (non-hydrogen) atoms. The summed E-state index contributed by atoms with van der Waals surface area (Å²) in [6.07, 6.45) is 7.84. The maximum atomic E-state index is 3.70. The standard InChI is InChI=1S/C18H31N/c1-4-15-19-18(17-12-8-7-9-13-17)14-10-11-16(5-2)6-3/h7-9,12-13,16,18-19H,4-6,10-11,14-15H2,1-3H3. The highest BCUT2D eigenvalue weighted by Crippen LogP contribution is 2.23. The van der Waals surface area contributed by atoms with Crippen LogP contribution in [0, 0.1) is 5.92 Å². The number of hydrogen-bond acceptors (Lipinski definition) is 1. The molecule has 0 aliphatic rings. The van der Waals surface area contributed by atoms with E-state index < -0.39 is 0 Å². The van der Waals surface area contributed by atoms with Crippen molar-refractivity contribution in [3.05, 3.63) is 35.9 Å². The van der Waals surface area contributed by atoms with Gasteiger partial charge in [-0.1, -0.05) is 76.8 Å². The SMILES string of the molecule is CCCNC(CCCC(CC)CC)c1ccccc1. The lowest BCUT2D eigenvalue weighted by atomic mass is 9.93. The fraction of sp³-hybridized carbons (Fsp3) is 0.667. The van der Waals surface area contributed by atoms with E-state index in [1.807, 2.05) is 0 Å². The molecule has 108 valence electrons. The first kappa shape index (κ1) is 16.2. The lowest BCUT2D eigenvalue weighted by Crippen LogP contribution is -2.22. The van der Waals surface area contributed by atoms with Crippen molar-refractivity contribution in [2.75, 3.05) is 6.54 Å². The van der Waals surface area contributed by atoms with E-state index >= 15 is 0 Å². The molecule has 0 fully saturated rings. The van der Waals surface area contributed by atoms with Crippen LogP contribution in [0.1, 0.15) is 70.9 Å². The summed E-state index contributed by atoms with van der Waals surface area (Å²) in [5, 5.41) is 3.70. The number of hydrogen-bond donors (Lipinski definition) is 1. The minimum atomic E-state index is 0.538. The highest BCUT2D eigenvalue weighted by Gasteiger charge is 2.11. The molecule has 0 saturated heterocycles. The van der Waals surface area contributed by atoms with Crippen LogP contribution in [-0.2, 0) is 0 Å². The molecule has 0 bridgehead atoms. The molecule has 1 nitrogen and oxygen atoms in total. The fourth-order valence-corrected chi connectivity index (χ4v) is 2.70. The largest absolute Gasteiger partial charge is 0.310 e. The van der Waals surface area contributed by atoms with Crippen molar-refractivity contribution < 1.29 is 0 Å². The summed E-state index contributed by atoms with van der Waals surface area (Å²) in [5.74, 6) is 0.919. The Hall–Kier alpha value is -0.820. The van der Waals surface area contributed by atoms with Crippen molar-refractivity contribution in [1.29, 1.82) is 0 Å². The van der Waals surface area contributed by atoms with Gasteiger partial charge in [-0.25, -0.2) is 0 Å². The lowest BCUT2D eigenvalue weighted by Gasteiger charge is -2.20. The molecule has 1 aromatic rings. The molecule has 0 amide bonds. The van der Waals surface area contributed by atoms with Crippen molar-refractivity contribution in [2.24, 2.45) is 5.92 Å². The zero-order valence-corrected chi connectivity index (χ0v) is 13.0. The van der Waals surface area contributed by atoms with Gasteiger partial charge in [0, 0.05) is 6.04 Å². The normalized spacial score (nSPS) is 12.8. The van der Waals surface area contributed by atoms with Gasteiger partial charge in [0.1, 0.15) is 0 Å². The summed E-state index contributed by atoms with van der Waals surface area (Å²) in [4.78, 5) is 0. The van der Waals surface area contributed by atoms with Gasteiger partial charge in [-0.3, -0.25) is 0 Å². The van der Waals surface area contributed by atoms with Crippen LogP contribution in [0.25, 0.3) is 0 Å². The molecule has 0 aromatic heterocycles. The van der Waals surface area contributed by atoms with Gasteiger partial charge < -0.3 is 5.32 Å². The summed E-state index contributed by atoms with van der Waals surface area (Å²) in [6.45, 7) is 7.99. The van der Waals surface area contributed by atoms with Crippen molar-refractivity contribution in [3.8, 4) is 0 Å². The summed E-state index contributed by atoms with van der Waals surface area (Å²) >= 11 is 0. The number of nitrogens with one attached hydrogen (secondary N) is 1. The van der Waals surface area contributed by atoms with E-state index in [-0.39, 0.29) is 0 Å². The van der Waals surface area contributed by atoms with Gasteiger partial charge in [-0.2, -0.15) is 0 Å². The molecule has 0 heterocycles. The fourth-order valence-electron chi connectivity index (χ4n) is 2.70. The zero-order chi connectivity index (χ0) is 13.9. The molecule has 1 unspecified atom stereocenters. The van der Waals surface area contributed by atoms with Gasteiger partial charge >= 0.3 is 0 Å². The third-order valence-corrected chi connectivity index (χ3v) is 4.10. The van der Waals surface area contributed by atoms with E-state index in [0.717, 1.165) is 12.5 Å². The zero-order valence-electron chi connectivity index (χ0n) is 13.0. The Morgan fingerprint density at radius 1 is 0.947 bits per heavy atom. The highest BCUT2D eigenvalue weighted by molar-refractivity contribution is 5.18. The van der Waals surface area contributed by atoms with E-state index in [1.54, 1.807) is 0 Å². The lowest BCUT2D eigenvalue weighted by molar-refractivity contribution is 0.401. The van der Waals surface area contributed by atoms with Crippen LogP contribution < -0.4 is 5.32 Å². The first-order chi connectivity index (χ1) is 9.31. The minimum Gasteiger partial charge on any atom is -0.310 e. The predicted molar refractivity (Wildman–Crippen MR) is 85.4 cm³/mol. The number of rotatable bonds is 10. The molecule has 0 radical (unpaired) electrons. The summed E-state index contributed by atoms with van der Waals surface area (Å²) in [7, 11) is 0. The molecule has 0 aliphatic carbocycles. The first-order valence-electron chi connectivity index (χ1n) is 8.10. The van der Waals surface area contributed by atoms with Gasteiger partial charge in [0.05, 0.1) is 0 Å². The second-order valence-electron chi connectivity index (χ2n) is 5.53. The minimum absolute atomic E-state index is 0.538. The molecule has 0 aliphatic heterocycles. The number of benzene rings is 1. The third kappa shape index (κ3) is 6.24. The van der Waals surface area contributed by atoms with Gasteiger partial charge in [-0.05, 0) is 30.9 Å². The molecule has 0 spiro atoms. The Balaban J connectivity index is 2.46. The Labute approximate surface area is 119 Å². The summed E-state index contributed by atoms with van der Waals surface area (Å²) < 4.78 is 0. The van der Waals surface area contributed by atoms with E-state index in [4.69, 9.17) is 0 Å². The Kier molecular flexibility index (Phi) is 8.57. The average molecular weight is 261 g/mol. The van der Waals surface area contributed by atoms with E-state index in [1.165, 1.54) is 44.1 Å². The molecule has 0 saturated carbocycles. The van der Waals surface area contributed by atoms with Gasteiger partial charge in [-0.15, -0.1) is 0 Å². The maximum absolute atomic E-state index is 3.70. The van der Waals surface area contributed by atoms with Crippen LogP contribution in [0.4, 0.5) is 0 Å². The molecular weight excluding hydrogens is 230 g/mol. The van der Waals surface area contributed by atoms with Gasteiger partial charge in [0.15, 0.2) is 0 Å². The van der Waals surface area contributed by atoms with Crippen LogP contribution in [0.5, 0.6) is 0 Å². The van der Waals surface area contributed by atoms with E-state index in [0.29, 0.717) is 6.04 Å². The molecule has 1 N–H and O–H groups in total. The Bertz CT molecular complexity index is 303. The van der Waals surface area contributed by atoms with Crippen LogP contribution in [0.3, 0.4) is 0 Å². The molecule has 1 atom stereocenters. The molecule has 1 heteroatoms. The van der Waals surface area contributed by atoms with E-state index in [9.17, 15) is 0 Å². The van der Waals surface area contributed by atoms with Crippen molar-refractivity contribution in [3.63, 3.8) is 0 Å². The molecule has 1 aromatic carbocycles. The predicted octanol–water partition coefficient (Wildman–Crippen LogP) is 5.33.